The van der Waals surface area contributed by atoms with E-state index in [0.717, 1.165) is 23.7 Å². The van der Waals surface area contributed by atoms with E-state index in [4.69, 9.17) is 0 Å². The molecule has 0 aromatic heterocycles. The summed E-state index contributed by atoms with van der Waals surface area (Å²) >= 11 is 3.42. The fraction of sp³-hybridized carbons (Fsp3) is 0.600. The number of halogens is 1. The molecule has 0 fully saturated rings. The number of hydrogen-bond donors (Lipinski definition) is 1. The minimum Gasteiger partial charge on any atom is -0.390 e. The van der Waals surface area contributed by atoms with E-state index in [2.05, 4.69) is 35.0 Å². The number of aliphatic hydroxyl groups is 1. The molecule has 0 heterocycles. The summed E-state index contributed by atoms with van der Waals surface area (Å²) in [6.45, 7) is 4.15. The van der Waals surface area contributed by atoms with Crippen molar-refractivity contribution >= 4 is 15.9 Å². The Labute approximate surface area is 113 Å². The molecule has 0 saturated heterocycles. The Morgan fingerprint density at radius 1 is 1.12 bits per heavy atom. The van der Waals surface area contributed by atoms with Crippen LogP contribution in [-0.4, -0.2) is 10.7 Å². The third-order valence-electron chi connectivity index (χ3n) is 3.07. The maximum atomic E-state index is 10.3. The van der Waals surface area contributed by atoms with Crippen LogP contribution in [0.15, 0.2) is 28.7 Å². The van der Waals surface area contributed by atoms with Crippen molar-refractivity contribution in [2.24, 2.45) is 0 Å². The van der Waals surface area contributed by atoms with Gasteiger partial charge >= 0.3 is 0 Å². The first-order valence-electron chi connectivity index (χ1n) is 6.50. The predicted molar refractivity (Wildman–Crippen MR) is 77.2 cm³/mol. The molecule has 0 aliphatic carbocycles. The highest BCUT2D eigenvalue weighted by Gasteiger charge is 2.20. The van der Waals surface area contributed by atoms with E-state index >= 15 is 0 Å². The summed E-state index contributed by atoms with van der Waals surface area (Å²) in [4.78, 5) is 0. The minimum absolute atomic E-state index is 0.568. The molecule has 17 heavy (non-hydrogen) atoms. The zero-order valence-electron chi connectivity index (χ0n) is 10.9. The van der Waals surface area contributed by atoms with E-state index in [9.17, 15) is 5.11 Å². The smallest absolute Gasteiger partial charge is 0.0660 e. The predicted octanol–water partition coefficient (Wildman–Crippen LogP) is 4.71. The van der Waals surface area contributed by atoms with Gasteiger partial charge in [0.15, 0.2) is 0 Å². The van der Waals surface area contributed by atoms with E-state index in [1.54, 1.807) is 0 Å². The van der Waals surface area contributed by atoms with Crippen molar-refractivity contribution in [3.63, 3.8) is 0 Å². The number of hydrogen-bond acceptors (Lipinski definition) is 1. The number of unbranched alkanes of at least 4 members (excludes halogenated alkanes) is 3. The Bertz CT molecular complexity index is 316. The van der Waals surface area contributed by atoms with Crippen molar-refractivity contribution in [3.05, 3.63) is 34.3 Å². The zero-order valence-corrected chi connectivity index (χ0v) is 12.5. The Hall–Kier alpha value is -0.340. The third-order valence-corrected chi connectivity index (χ3v) is 3.60. The maximum Gasteiger partial charge on any atom is 0.0660 e. The maximum absolute atomic E-state index is 10.3. The van der Waals surface area contributed by atoms with E-state index in [1.165, 1.54) is 24.8 Å². The highest BCUT2D eigenvalue weighted by molar-refractivity contribution is 9.10. The molecule has 1 unspecified atom stereocenters. The van der Waals surface area contributed by atoms with Crippen LogP contribution >= 0.6 is 15.9 Å². The molecule has 0 aliphatic rings. The molecule has 0 spiro atoms. The van der Waals surface area contributed by atoms with Crippen LogP contribution < -0.4 is 0 Å². The van der Waals surface area contributed by atoms with Gasteiger partial charge in [0.05, 0.1) is 5.60 Å². The lowest BCUT2D eigenvalue weighted by Gasteiger charge is -2.23. The Morgan fingerprint density at radius 2 is 1.76 bits per heavy atom. The van der Waals surface area contributed by atoms with Gasteiger partial charge in [-0.1, -0.05) is 60.7 Å². The van der Waals surface area contributed by atoms with E-state index in [-0.39, 0.29) is 0 Å². The highest BCUT2D eigenvalue weighted by atomic mass is 79.9. The average Bonchev–Trinajstić information content (AvgIpc) is 2.27. The molecule has 96 valence electrons. The zero-order chi connectivity index (χ0) is 12.7. The van der Waals surface area contributed by atoms with Gasteiger partial charge in [0.1, 0.15) is 0 Å². The molecule has 1 rings (SSSR count). The Kier molecular flexibility index (Phi) is 6.21. The van der Waals surface area contributed by atoms with Crippen LogP contribution in [0.3, 0.4) is 0 Å². The Balaban J connectivity index is 2.40. The molecule has 1 aromatic rings. The average molecular weight is 299 g/mol. The monoisotopic (exact) mass is 298 g/mol. The highest BCUT2D eigenvalue weighted by Crippen LogP contribution is 2.21. The molecule has 1 nitrogen and oxygen atoms in total. The number of benzene rings is 1. The topological polar surface area (TPSA) is 20.2 Å². The van der Waals surface area contributed by atoms with Crippen LogP contribution in [-0.2, 0) is 6.42 Å². The molecular formula is C15H23BrO. The summed E-state index contributed by atoms with van der Waals surface area (Å²) in [6.07, 6.45) is 6.50. The quantitative estimate of drug-likeness (QED) is 0.723. The summed E-state index contributed by atoms with van der Waals surface area (Å²) in [6, 6.07) is 8.21. The van der Waals surface area contributed by atoms with Crippen molar-refractivity contribution in [1.82, 2.24) is 0 Å². The van der Waals surface area contributed by atoms with E-state index < -0.39 is 5.60 Å². The molecule has 0 bridgehead atoms. The molecule has 0 aliphatic heterocycles. The van der Waals surface area contributed by atoms with Crippen LogP contribution in [0, 0.1) is 0 Å². The van der Waals surface area contributed by atoms with Gasteiger partial charge in [0, 0.05) is 10.9 Å². The fourth-order valence-electron chi connectivity index (χ4n) is 2.06. The SMILES string of the molecule is CCCCCCC(C)(O)Cc1ccc(Br)cc1. The van der Waals surface area contributed by atoms with Crippen molar-refractivity contribution < 1.29 is 5.11 Å². The molecule has 0 saturated carbocycles. The third kappa shape index (κ3) is 6.23. The Morgan fingerprint density at radius 3 is 2.35 bits per heavy atom. The molecule has 1 N–H and O–H groups in total. The molecular weight excluding hydrogens is 276 g/mol. The van der Waals surface area contributed by atoms with Gasteiger partial charge in [0.25, 0.3) is 0 Å². The van der Waals surface area contributed by atoms with Crippen molar-refractivity contribution in [1.29, 1.82) is 0 Å². The molecule has 0 amide bonds. The first-order valence-corrected chi connectivity index (χ1v) is 7.29. The van der Waals surface area contributed by atoms with Crippen LogP contribution in [0.5, 0.6) is 0 Å². The first kappa shape index (κ1) is 14.7. The van der Waals surface area contributed by atoms with Crippen LogP contribution in [0.25, 0.3) is 0 Å². The first-order chi connectivity index (χ1) is 8.03. The summed E-state index contributed by atoms with van der Waals surface area (Å²) < 4.78 is 1.09. The van der Waals surface area contributed by atoms with Crippen molar-refractivity contribution in [2.75, 3.05) is 0 Å². The van der Waals surface area contributed by atoms with Crippen LogP contribution in [0.4, 0.5) is 0 Å². The second-order valence-electron chi connectivity index (χ2n) is 5.11. The van der Waals surface area contributed by atoms with Gasteiger partial charge in [-0.3, -0.25) is 0 Å². The van der Waals surface area contributed by atoms with E-state index in [1.807, 2.05) is 19.1 Å². The second-order valence-corrected chi connectivity index (χ2v) is 6.03. The van der Waals surface area contributed by atoms with E-state index in [0.29, 0.717) is 0 Å². The lowest BCUT2D eigenvalue weighted by Crippen LogP contribution is -2.26. The summed E-state index contributed by atoms with van der Waals surface area (Å²) in [5, 5.41) is 10.3. The van der Waals surface area contributed by atoms with Gasteiger partial charge in [-0.25, -0.2) is 0 Å². The molecule has 2 heteroatoms. The fourth-order valence-corrected chi connectivity index (χ4v) is 2.33. The van der Waals surface area contributed by atoms with Crippen LogP contribution in [0.1, 0.15) is 51.5 Å². The van der Waals surface area contributed by atoms with Gasteiger partial charge in [-0.05, 0) is 31.0 Å². The van der Waals surface area contributed by atoms with Gasteiger partial charge in [0.2, 0.25) is 0 Å². The largest absolute Gasteiger partial charge is 0.390 e. The molecule has 1 aromatic carbocycles. The second kappa shape index (κ2) is 7.17. The van der Waals surface area contributed by atoms with Crippen LogP contribution in [0.2, 0.25) is 0 Å². The lowest BCUT2D eigenvalue weighted by molar-refractivity contribution is 0.0485. The summed E-state index contributed by atoms with van der Waals surface area (Å²) in [5.41, 5.74) is 0.635. The molecule has 0 radical (unpaired) electrons. The lowest BCUT2D eigenvalue weighted by atomic mass is 9.91. The van der Waals surface area contributed by atoms with Crippen molar-refractivity contribution in [3.8, 4) is 0 Å². The van der Waals surface area contributed by atoms with Gasteiger partial charge < -0.3 is 5.11 Å². The van der Waals surface area contributed by atoms with Gasteiger partial charge in [-0.15, -0.1) is 0 Å². The van der Waals surface area contributed by atoms with Gasteiger partial charge in [-0.2, -0.15) is 0 Å². The standard InChI is InChI=1S/C15H23BrO/c1-3-4-5-6-11-15(2,17)12-13-7-9-14(16)10-8-13/h7-10,17H,3-6,11-12H2,1-2H3. The minimum atomic E-state index is -0.568. The van der Waals surface area contributed by atoms with Crippen molar-refractivity contribution in [2.45, 2.75) is 58.0 Å². The molecule has 1 atom stereocenters. The summed E-state index contributed by atoms with van der Waals surface area (Å²) in [5.74, 6) is 0. The summed E-state index contributed by atoms with van der Waals surface area (Å²) in [7, 11) is 0. The normalized spacial score (nSPS) is 14.6. The number of rotatable bonds is 7.